The number of nitrogens with one attached hydrogen (secondary N) is 1. The summed E-state index contributed by atoms with van der Waals surface area (Å²) in [7, 11) is 3.54. The maximum Gasteiger partial charge on any atom is 0.222 e. The second kappa shape index (κ2) is 8.50. The molecular weight excluding hydrogens is 422 g/mol. The Balaban J connectivity index is 1.40. The summed E-state index contributed by atoms with van der Waals surface area (Å²) >= 11 is 1.76. The van der Waals surface area contributed by atoms with Crippen molar-refractivity contribution in [2.45, 2.75) is 39.0 Å². The largest absolute Gasteiger partial charge is 0.494 e. The predicted molar refractivity (Wildman–Crippen MR) is 127 cm³/mol. The number of fused-ring (bicyclic) bond motifs is 4. The topological polar surface area (TPSA) is 79.7 Å². The van der Waals surface area contributed by atoms with E-state index in [-0.39, 0.29) is 5.91 Å². The van der Waals surface area contributed by atoms with E-state index in [1.54, 1.807) is 29.7 Å². The van der Waals surface area contributed by atoms with Crippen LogP contribution in [0.5, 0.6) is 5.75 Å². The Morgan fingerprint density at radius 2 is 2.22 bits per heavy atom. The zero-order chi connectivity index (χ0) is 22.2. The van der Waals surface area contributed by atoms with Gasteiger partial charge in [0.15, 0.2) is 0 Å². The molecule has 2 aromatic heterocycles. The number of ether oxygens (including phenoxy) is 1. The first-order valence-corrected chi connectivity index (χ1v) is 11.9. The molecule has 8 heteroatoms. The number of thiophene rings is 1. The molecular formula is C24H27N5O2S. The van der Waals surface area contributed by atoms with E-state index in [0.717, 1.165) is 70.3 Å². The Bertz CT molecular complexity index is 1320. The van der Waals surface area contributed by atoms with Gasteiger partial charge in [0.2, 0.25) is 5.91 Å². The summed E-state index contributed by atoms with van der Waals surface area (Å²) < 4.78 is 5.57. The van der Waals surface area contributed by atoms with Crippen molar-refractivity contribution in [3.8, 4) is 5.75 Å². The van der Waals surface area contributed by atoms with Crippen molar-refractivity contribution < 1.29 is 9.53 Å². The molecule has 5 rings (SSSR count). The Labute approximate surface area is 190 Å². The maximum absolute atomic E-state index is 12.2. The lowest BCUT2D eigenvalue weighted by Gasteiger charge is -2.23. The molecule has 0 bridgehead atoms. The number of aryl methyl sites for hydroxylation is 1. The van der Waals surface area contributed by atoms with Crippen LogP contribution < -0.4 is 20.6 Å². The van der Waals surface area contributed by atoms with Gasteiger partial charge in [-0.3, -0.25) is 9.79 Å². The lowest BCUT2D eigenvalue weighted by atomic mass is 9.85. The van der Waals surface area contributed by atoms with Gasteiger partial charge in [-0.2, -0.15) is 0 Å². The van der Waals surface area contributed by atoms with Crippen molar-refractivity contribution in [2.24, 2.45) is 10.9 Å². The van der Waals surface area contributed by atoms with Crippen LogP contribution in [0.3, 0.4) is 0 Å². The van der Waals surface area contributed by atoms with Gasteiger partial charge in [-0.1, -0.05) is 0 Å². The number of hydrogen-bond acceptors (Lipinski definition) is 7. The fourth-order valence-electron chi connectivity index (χ4n) is 4.48. The van der Waals surface area contributed by atoms with E-state index >= 15 is 0 Å². The predicted octanol–water partition coefficient (Wildman–Crippen LogP) is 3.18. The summed E-state index contributed by atoms with van der Waals surface area (Å²) in [5, 5.41) is 6.65. The minimum Gasteiger partial charge on any atom is -0.494 e. The van der Waals surface area contributed by atoms with Crippen LogP contribution >= 0.6 is 11.3 Å². The van der Waals surface area contributed by atoms with Gasteiger partial charge in [-0.05, 0) is 50.2 Å². The van der Waals surface area contributed by atoms with Gasteiger partial charge >= 0.3 is 0 Å². The molecule has 3 heterocycles. The smallest absolute Gasteiger partial charge is 0.222 e. The standard InChI is InChI=1S/C24H27N5O2S/c1-4-29(2)21(30)8-6-14-5-7-16-20(9-14)32-24-22(16)23(26-13-27-24)28-18-10-15-12-25-17(15)11-19(18)31-3/h10-14H,4-9H2,1-3H3,(H,26,27,28). The SMILES string of the molecule is CCN(C)C(=O)CCC1CCc2c(sc3ncnc(Nc4cc5c(cc4OC)=NC=5)c23)C1. The zero-order valence-corrected chi connectivity index (χ0v) is 19.5. The number of amides is 1. The third kappa shape index (κ3) is 3.72. The highest BCUT2D eigenvalue weighted by Crippen LogP contribution is 2.41. The molecule has 0 spiro atoms. The van der Waals surface area contributed by atoms with Crippen LogP contribution in [0.2, 0.25) is 0 Å². The Morgan fingerprint density at radius 1 is 1.34 bits per heavy atom. The summed E-state index contributed by atoms with van der Waals surface area (Å²) in [5.74, 6) is 2.35. The van der Waals surface area contributed by atoms with Crippen LogP contribution in [-0.2, 0) is 17.6 Å². The van der Waals surface area contributed by atoms with E-state index in [1.807, 2.05) is 32.3 Å². The maximum atomic E-state index is 12.2. The van der Waals surface area contributed by atoms with E-state index in [1.165, 1.54) is 10.4 Å². The average molecular weight is 450 g/mol. The van der Waals surface area contributed by atoms with Crippen molar-refractivity contribution in [2.75, 3.05) is 26.0 Å². The molecule has 0 saturated carbocycles. The number of methoxy groups -OCH3 is 1. The highest BCUT2D eigenvalue weighted by molar-refractivity contribution is 7.19. The minimum atomic E-state index is 0.240. The molecule has 1 aliphatic carbocycles. The molecule has 3 aromatic rings. The van der Waals surface area contributed by atoms with E-state index in [0.29, 0.717) is 12.3 Å². The van der Waals surface area contributed by atoms with E-state index in [2.05, 4.69) is 20.3 Å². The molecule has 1 unspecified atom stereocenters. The molecule has 1 amide bonds. The van der Waals surface area contributed by atoms with Crippen LogP contribution in [0.4, 0.5) is 11.5 Å². The van der Waals surface area contributed by atoms with Crippen molar-refractivity contribution in [3.63, 3.8) is 0 Å². The minimum absolute atomic E-state index is 0.240. The second-order valence-corrected chi connectivity index (χ2v) is 9.54. The van der Waals surface area contributed by atoms with E-state index in [4.69, 9.17) is 4.74 Å². The lowest BCUT2D eigenvalue weighted by molar-refractivity contribution is -0.130. The average Bonchev–Trinajstić information content (AvgIpc) is 3.17. The first kappa shape index (κ1) is 20.9. The number of carbonyl (C=O) groups excluding carboxylic acids is 1. The van der Waals surface area contributed by atoms with Crippen molar-refractivity contribution in [1.29, 1.82) is 0 Å². The van der Waals surface area contributed by atoms with Gasteiger partial charge in [0, 0.05) is 42.4 Å². The highest BCUT2D eigenvalue weighted by atomic mass is 32.1. The van der Waals surface area contributed by atoms with Crippen LogP contribution in [0.25, 0.3) is 16.4 Å². The number of hydrogen-bond donors (Lipinski definition) is 1. The Hall–Kier alpha value is -3.00. The fraction of sp³-hybridized carbons (Fsp3) is 0.417. The lowest BCUT2D eigenvalue weighted by Crippen LogP contribution is -2.31. The second-order valence-electron chi connectivity index (χ2n) is 8.46. The third-order valence-corrected chi connectivity index (χ3v) is 7.72. The summed E-state index contributed by atoms with van der Waals surface area (Å²) in [5.41, 5.74) is 2.23. The first-order valence-electron chi connectivity index (χ1n) is 11.1. The number of nitrogens with zero attached hydrogens (tertiary/aromatic N) is 4. The fourth-order valence-corrected chi connectivity index (χ4v) is 5.78. The van der Waals surface area contributed by atoms with Crippen LogP contribution in [0.15, 0.2) is 23.5 Å². The number of rotatable bonds is 7. The quantitative estimate of drug-likeness (QED) is 0.599. The van der Waals surface area contributed by atoms with Crippen molar-refractivity contribution >= 4 is 45.2 Å². The molecule has 1 aliphatic heterocycles. The summed E-state index contributed by atoms with van der Waals surface area (Å²) in [6.45, 7) is 2.78. The highest BCUT2D eigenvalue weighted by Gasteiger charge is 2.26. The van der Waals surface area contributed by atoms with Gasteiger partial charge in [0.25, 0.3) is 0 Å². The molecule has 1 atom stereocenters. The van der Waals surface area contributed by atoms with Crippen LogP contribution in [0.1, 0.15) is 36.6 Å². The monoisotopic (exact) mass is 449 g/mol. The van der Waals surface area contributed by atoms with Crippen LogP contribution in [-0.4, -0.2) is 41.5 Å². The van der Waals surface area contributed by atoms with Crippen molar-refractivity contribution in [1.82, 2.24) is 14.9 Å². The van der Waals surface area contributed by atoms with Gasteiger partial charge in [0.1, 0.15) is 22.7 Å². The molecule has 0 saturated heterocycles. The van der Waals surface area contributed by atoms with Gasteiger partial charge in [-0.15, -0.1) is 11.3 Å². The van der Waals surface area contributed by atoms with E-state index < -0.39 is 0 Å². The van der Waals surface area contributed by atoms with Gasteiger partial charge in [0.05, 0.1) is 23.5 Å². The Kier molecular flexibility index (Phi) is 5.55. The summed E-state index contributed by atoms with van der Waals surface area (Å²) in [4.78, 5) is 29.8. The zero-order valence-electron chi connectivity index (χ0n) is 18.6. The van der Waals surface area contributed by atoms with E-state index in [9.17, 15) is 4.79 Å². The summed E-state index contributed by atoms with van der Waals surface area (Å²) in [6, 6.07) is 4.00. The number of aromatic nitrogens is 2. The van der Waals surface area contributed by atoms with Crippen molar-refractivity contribution in [3.05, 3.63) is 39.5 Å². The first-order chi connectivity index (χ1) is 15.6. The van der Waals surface area contributed by atoms with Gasteiger partial charge in [-0.25, -0.2) is 9.97 Å². The normalized spacial score (nSPS) is 16.3. The van der Waals surface area contributed by atoms with Crippen LogP contribution in [0, 0.1) is 5.92 Å². The molecule has 1 aromatic carbocycles. The molecule has 2 aliphatic rings. The molecule has 32 heavy (non-hydrogen) atoms. The molecule has 166 valence electrons. The number of carbonyl (C=O) groups is 1. The third-order valence-electron chi connectivity index (χ3n) is 6.56. The molecule has 0 fully saturated rings. The molecule has 1 N–H and O–H groups in total. The number of benzene rings is 1. The molecule has 0 radical (unpaired) electrons. The Morgan fingerprint density at radius 3 is 2.97 bits per heavy atom. The molecule has 7 nitrogen and oxygen atoms in total. The van der Waals surface area contributed by atoms with Gasteiger partial charge < -0.3 is 15.0 Å². The summed E-state index contributed by atoms with van der Waals surface area (Å²) in [6.07, 6.45) is 8.15. The number of anilines is 2.